The van der Waals surface area contributed by atoms with Crippen molar-refractivity contribution in [3.05, 3.63) is 28.7 Å². The zero-order valence-electron chi connectivity index (χ0n) is 12.9. The summed E-state index contributed by atoms with van der Waals surface area (Å²) in [5.41, 5.74) is 0. The van der Waals surface area contributed by atoms with Gasteiger partial charge in [0.25, 0.3) is 5.91 Å². The zero-order valence-corrected chi connectivity index (χ0v) is 15.3. The van der Waals surface area contributed by atoms with Crippen molar-refractivity contribution < 1.29 is 19.1 Å². The second-order valence-electron chi connectivity index (χ2n) is 4.73. The maximum absolute atomic E-state index is 11.6. The average Bonchev–Trinajstić information content (AvgIpc) is 2.52. The lowest BCUT2D eigenvalue weighted by Gasteiger charge is -2.11. The highest BCUT2D eigenvalue weighted by atomic mass is 79.9. The molecule has 8 heteroatoms. The van der Waals surface area contributed by atoms with E-state index in [-0.39, 0.29) is 11.8 Å². The van der Waals surface area contributed by atoms with Gasteiger partial charge in [-0.05, 0) is 37.6 Å². The first-order valence-corrected chi connectivity index (χ1v) is 8.83. The van der Waals surface area contributed by atoms with Crippen molar-refractivity contribution >= 4 is 45.6 Å². The summed E-state index contributed by atoms with van der Waals surface area (Å²) in [7, 11) is 0. The van der Waals surface area contributed by atoms with Crippen LogP contribution in [0.15, 0.2) is 33.6 Å². The van der Waals surface area contributed by atoms with Gasteiger partial charge in [-0.3, -0.25) is 14.9 Å². The number of nitrogens with one attached hydrogen (secondary N) is 2. The minimum atomic E-state index is -0.659. The molecule has 1 rings (SSSR count). The minimum absolute atomic E-state index is 0.0346. The molecule has 2 N–H and O–H groups in total. The molecule has 1 aromatic carbocycles. The molecule has 6 nitrogen and oxygen atoms in total. The molecular formula is C15H19BrN2O4S. The van der Waals surface area contributed by atoms with Crippen molar-refractivity contribution in [1.29, 1.82) is 0 Å². The summed E-state index contributed by atoms with van der Waals surface area (Å²) in [6.07, 6.45) is 0.754. The number of hydrogen-bond donors (Lipinski definition) is 2. The largest absolute Gasteiger partial charge is 0.455 e. The van der Waals surface area contributed by atoms with Crippen LogP contribution in [0.3, 0.4) is 0 Å². The van der Waals surface area contributed by atoms with Gasteiger partial charge >= 0.3 is 12.0 Å². The second-order valence-corrected chi connectivity index (χ2v) is 6.70. The number of benzene rings is 1. The topological polar surface area (TPSA) is 84.5 Å². The Bertz CT molecular complexity index is 551. The summed E-state index contributed by atoms with van der Waals surface area (Å²) in [5, 5.41) is 4.68. The number of amides is 3. The van der Waals surface area contributed by atoms with E-state index in [0.717, 1.165) is 15.8 Å². The fraction of sp³-hybridized carbons (Fsp3) is 0.400. The monoisotopic (exact) mass is 402 g/mol. The molecule has 0 heterocycles. The number of ether oxygens (including phenoxy) is 1. The van der Waals surface area contributed by atoms with Crippen LogP contribution < -0.4 is 10.6 Å². The van der Waals surface area contributed by atoms with Crippen LogP contribution in [-0.2, 0) is 14.3 Å². The third-order valence-electron chi connectivity index (χ3n) is 2.78. The Morgan fingerprint density at radius 1 is 1.26 bits per heavy atom. The van der Waals surface area contributed by atoms with Gasteiger partial charge in [-0.25, -0.2) is 4.79 Å². The highest BCUT2D eigenvalue weighted by molar-refractivity contribution is 9.10. The molecule has 1 atom stereocenters. The molecule has 126 valence electrons. The Labute approximate surface area is 147 Å². The minimum Gasteiger partial charge on any atom is -0.455 e. The number of carbonyl (C=O) groups is 3. The Kier molecular flexibility index (Phi) is 8.71. The molecule has 0 unspecified atom stereocenters. The van der Waals surface area contributed by atoms with Gasteiger partial charge in [-0.15, -0.1) is 11.8 Å². The Morgan fingerprint density at radius 3 is 2.52 bits per heavy atom. The number of esters is 1. The molecule has 0 saturated heterocycles. The number of imide groups is 1. The van der Waals surface area contributed by atoms with E-state index in [1.807, 2.05) is 38.1 Å². The summed E-state index contributed by atoms with van der Waals surface area (Å²) in [5.74, 6) is -1.09. The molecule has 0 fully saturated rings. The van der Waals surface area contributed by atoms with Gasteiger partial charge in [0.2, 0.25) is 0 Å². The third-order valence-corrected chi connectivity index (χ3v) is 4.29. The van der Waals surface area contributed by atoms with Crippen LogP contribution in [0.4, 0.5) is 4.79 Å². The number of hydrogen-bond acceptors (Lipinski definition) is 5. The number of halogens is 1. The van der Waals surface area contributed by atoms with Gasteiger partial charge in [0.05, 0.1) is 5.75 Å². The maximum Gasteiger partial charge on any atom is 0.321 e. The molecule has 0 saturated carbocycles. The van der Waals surface area contributed by atoms with Crippen LogP contribution in [0.2, 0.25) is 0 Å². The van der Waals surface area contributed by atoms with E-state index in [9.17, 15) is 14.4 Å². The van der Waals surface area contributed by atoms with Crippen molar-refractivity contribution in [1.82, 2.24) is 10.6 Å². The Hall–Kier alpha value is -1.54. The zero-order chi connectivity index (χ0) is 17.2. The highest BCUT2D eigenvalue weighted by Crippen LogP contribution is 2.20. The van der Waals surface area contributed by atoms with Crippen molar-refractivity contribution in [2.45, 2.75) is 31.2 Å². The first-order chi connectivity index (χ1) is 10.9. The molecule has 0 aliphatic heterocycles. The molecular weight excluding hydrogens is 384 g/mol. The summed E-state index contributed by atoms with van der Waals surface area (Å²) < 4.78 is 5.78. The van der Waals surface area contributed by atoms with Crippen LogP contribution in [0, 0.1) is 0 Å². The number of carbonyl (C=O) groups excluding carboxylic acids is 3. The molecule has 0 radical (unpaired) electrons. The number of thioether (sulfide) groups is 1. The lowest BCUT2D eigenvalue weighted by Crippen LogP contribution is -2.44. The van der Waals surface area contributed by atoms with Gasteiger partial charge < -0.3 is 10.1 Å². The van der Waals surface area contributed by atoms with Crippen molar-refractivity contribution in [3.8, 4) is 0 Å². The Morgan fingerprint density at radius 2 is 1.91 bits per heavy atom. The highest BCUT2D eigenvalue weighted by Gasteiger charge is 2.12. The van der Waals surface area contributed by atoms with Gasteiger partial charge in [-0.1, -0.05) is 22.9 Å². The fourth-order valence-corrected chi connectivity index (χ4v) is 2.35. The fourth-order valence-electron chi connectivity index (χ4n) is 1.39. The molecule has 1 aromatic rings. The van der Waals surface area contributed by atoms with Crippen LogP contribution in [0.1, 0.15) is 20.3 Å². The lowest BCUT2D eigenvalue weighted by molar-refractivity contribution is -0.145. The van der Waals surface area contributed by atoms with Gasteiger partial charge in [-0.2, -0.15) is 0 Å². The molecule has 0 aliphatic carbocycles. The van der Waals surface area contributed by atoms with Crippen LogP contribution in [-0.4, -0.2) is 36.3 Å². The third kappa shape index (κ3) is 8.61. The molecule has 0 aromatic heterocycles. The SMILES string of the molecule is CC[C@H](C)NC(=O)NC(=O)COC(=O)CSc1ccc(Br)cc1. The van der Waals surface area contributed by atoms with E-state index in [1.165, 1.54) is 11.8 Å². The first kappa shape index (κ1) is 19.5. The van der Waals surface area contributed by atoms with Crippen LogP contribution in [0.25, 0.3) is 0 Å². The van der Waals surface area contributed by atoms with Crippen molar-refractivity contribution in [3.63, 3.8) is 0 Å². The number of urea groups is 1. The van der Waals surface area contributed by atoms with E-state index in [4.69, 9.17) is 4.74 Å². The summed E-state index contributed by atoms with van der Waals surface area (Å²) in [6, 6.07) is 6.85. The second kappa shape index (κ2) is 10.3. The van der Waals surface area contributed by atoms with Gasteiger partial charge in [0.15, 0.2) is 6.61 Å². The average molecular weight is 403 g/mol. The quantitative estimate of drug-likeness (QED) is 0.540. The summed E-state index contributed by atoms with van der Waals surface area (Å²) in [6.45, 7) is 3.26. The predicted octanol–water partition coefficient (Wildman–Crippen LogP) is 2.71. The maximum atomic E-state index is 11.6. The first-order valence-electron chi connectivity index (χ1n) is 7.05. The molecule has 0 spiro atoms. The van der Waals surface area contributed by atoms with Crippen molar-refractivity contribution in [2.75, 3.05) is 12.4 Å². The molecule has 0 aliphatic rings. The van der Waals surface area contributed by atoms with E-state index in [0.29, 0.717) is 0 Å². The molecule has 0 bridgehead atoms. The van der Waals surface area contributed by atoms with Crippen molar-refractivity contribution in [2.24, 2.45) is 0 Å². The standard InChI is InChI=1S/C15H19BrN2O4S/c1-3-10(2)17-15(21)18-13(19)8-22-14(20)9-23-12-6-4-11(16)5-7-12/h4-7,10H,3,8-9H2,1-2H3,(H2,17,18,19,21)/t10-/m0/s1. The number of rotatable bonds is 7. The van der Waals surface area contributed by atoms with E-state index < -0.39 is 24.5 Å². The summed E-state index contributed by atoms with van der Waals surface area (Å²) in [4.78, 5) is 35.4. The smallest absolute Gasteiger partial charge is 0.321 e. The predicted molar refractivity (Wildman–Crippen MR) is 92.3 cm³/mol. The van der Waals surface area contributed by atoms with Crippen LogP contribution in [0.5, 0.6) is 0 Å². The molecule has 23 heavy (non-hydrogen) atoms. The van der Waals surface area contributed by atoms with Crippen LogP contribution >= 0.6 is 27.7 Å². The van der Waals surface area contributed by atoms with E-state index in [1.54, 1.807) is 0 Å². The molecule has 3 amide bonds. The Balaban J connectivity index is 2.23. The van der Waals surface area contributed by atoms with Gasteiger partial charge in [0, 0.05) is 15.4 Å². The van der Waals surface area contributed by atoms with E-state index >= 15 is 0 Å². The van der Waals surface area contributed by atoms with E-state index in [2.05, 4.69) is 26.6 Å². The van der Waals surface area contributed by atoms with Gasteiger partial charge in [0.1, 0.15) is 0 Å². The normalized spacial score (nSPS) is 11.4. The lowest BCUT2D eigenvalue weighted by atomic mass is 10.3. The summed E-state index contributed by atoms with van der Waals surface area (Å²) >= 11 is 4.63.